The molecule has 0 bridgehead atoms. The van der Waals surface area contributed by atoms with Crippen molar-refractivity contribution >= 4 is 24.4 Å². The fraction of sp³-hybridized carbons (Fsp3) is 0.500. The quantitative estimate of drug-likeness (QED) is 0.244. The summed E-state index contributed by atoms with van der Waals surface area (Å²) in [7, 11) is 0. The molecule has 0 fully saturated rings. The molecule has 31 heavy (non-hydrogen) atoms. The molecule has 9 nitrogen and oxygen atoms in total. The lowest BCUT2D eigenvalue weighted by Crippen LogP contribution is -2.14. The van der Waals surface area contributed by atoms with Crippen LogP contribution in [0.5, 0.6) is 11.5 Å². The Kier molecular flexibility index (Phi) is 10.7. The van der Waals surface area contributed by atoms with Gasteiger partial charge in [0.15, 0.2) is 20.8 Å². The van der Waals surface area contributed by atoms with E-state index in [1.165, 1.54) is 0 Å². The predicted molar refractivity (Wildman–Crippen MR) is 118 cm³/mol. The summed E-state index contributed by atoms with van der Waals surface area (Å²) >= 11 is 10.2. The summed E-state index contributed by atoms with van der Waals surface area (Å²) in [5, 5.41) is 19.4. The topological polar surface area (TPSA) is 96.5 Å². The second kappa shape index (κ2) is 13.3. The SMILES string of the molecule is Cc1ccc(OCCOCCOCCOCCOc2ccc(C)n(O)c2=S)c(=S)n1O. The van der Waals surface area contributed by atoms with E-state index >= 15 is 0 Å². The minimum Gasteiger partial charge on any atom is -0.488 e. The van der Waals surface area contributed by atoms with Crippen LogP contribution >= 0.6 is 24.4 Å². The highest BCUT2D eigenvalue weighted by Gasteiger charge is 2.04. The maximum Gasteiger partial charge on any atom is 0.184 e. The molecule has 0 aliphatic heterocycles. The first-order valence-corrected chi connectivity index (χ1v) is 10.6. The van der Waals surface area contributed by atoms with E-state index < -0.39 is 0 Å². The first-order valence-electron chi connectivity index (χ1n) is 9.74. The molecule has 11 heteroatoms. The third-order valence-electron chi connectivity index (χ3n) is 4.14. The largest absolute Gasteiger partial charge is 0.488 e. The summed E-state index contributed by atoms with van der Waals surface area (Å²) in [4.78, 5) is 0. The number of hydrogen-bond donors (Lipinski definition) is 2. The molecule has 0 unspecified atom stereocenters. The molecular weight excluding hydrogens is 444 g/mol. The van der Waals surface area contributed by atoms with Crippen molar-refractivity contribution in [1.29, 1.82) is 0 Å². The van der Waals surface area contributed by atoms with Gasteiger partial charge in [-0.3, -0.25) is 0 Å². The van der Waals surface area contributed by atoms with Gasteiger partial charge in [0.2, 0.25) is 0 Å². The van der Waals surface area contributed by atoms with E-state index in [1.54, 1.807) is 38.1 Å². The van der Waals surface area contributed by atoms with Gasteiger partial charge >= 0.3 is 0 Å². The Morgan fingerprint density at radius 3 is 1.29 bits per heavy atom. The average molecular weight is 473 g/mol. The first kappa shape index (κ1) is 25.1. The number of aromatic nitrogens is 2. The minimum absolute atomic E-state index is 0.231. The molecule has 0 aliphatic carbocycles. The number of ether oxygens (including phenoxy) is 5. The summed E-state index contributed by atoms with van der Waals surface area (Å²) in [6.45, 7) is 6.61. The van der Waals surface area contributed by atoms with Crippen LogP contribution in [0.4, 0.5) is 0 Å². The van der Waals surface area contributed by atoms with Gasteiger partial charge in [0.25, 0.3) is 0 Å². The predicted octanol–water partition coefficient (Wildman–Crippen LogP) is 3.35. The molecule has 2 heterocycles. The zero-order valence-electron chi connectivity index (χ0n) is 17.6. The van der Waals surface area contributed by atoms with E-state index in [9.17, 15) is 10.4 Å². The summed E-state index contributed by atoms with van der Waals surface area (Å²) < 4.78 is 29.6. The van der Waals surface area contributed by atoms with E-state index in [0.717, 1.165) is 9.46 Å². The highest BCUT2D eigenvalue weighted by atomic mass is 32.1. The summed E-state index contributed by atoms with van der Waals surface area (Å²) in [6, 6.07) is 6.88. The van der Waals surface area contributed by atoms with Crippen molar-refractivity contribution in [1.82, 2.24) is 9.46 Å². The molecule has 0 aromatic carbocycles. The first-order chi connectivity index (χ1) is 14.9. The van der Waals surface area contributed by atoms with Crippen LogP contribution in [0, 0.1) is 23.1 Å². The molecule has 0 spiro atoms. The summed E-state index contributed by atoms with van der Waals surface area (Å²) in [5.74, 6) is 0.872. The fourth-order valence-electron chi connectivity index (χ4n) is 2.39. The fourth-order valence-corrected chi connectivity index (χ4v) is 2.93. The monoisotopic (exact) mass is 472 g/mol. The molecule has 172 valence electrons. The van der Waals surface area contributed by atoms with E-state index in [-0.39, 0.29) is 9.28 Å². The normalized spacial score (nSPS) is 10.9. The van der Waals surface area contributed by atoms with Crippen LogP contribution in [0.3, 0.4) is 0 Å². The van der Waals surface area contributed by atoms with Crippen LogP contribution in [-0.4, -0.2) is 72.7 Å². The summed E-state index contributed by atoms with van der Waals surface area (Å²) in [6.07, 6.45) is 0. The third-order valence-corrected chi connectivity index (χ3v) is 4.89. The molecule has 0 saturated carbocycles. The van der Waals surface area contributed by atoms with E-state index in [4.69, 9.17) is 48.1 Å². The Bertz CT molecular complexity index is 871. The number of nitrogens with zero attached hydrogens (tertiary/aromatic N) is 2. The van der Waals surface area contributed by atoms with Gasteiger partial charge in [0.1, 0.15) is 13.2 Å². The Labute approximate surface area is 191 Å². The van der Waals surface area contributed by atoms with Crippen LogP contribution < -0.4 is 9.47 Å². The smallest absolute Gasteiger partial charge is 0.184 e. The van der Waals surface area contributed by atoms with Crippen molar-refractivity contribution in [3.63, 3.8) is 0 Å². The van der Waals surface area contributed by atoms with E-state index in [0.29, 0.717) is 75.7 Å². The molecule has 0 atom stereocenters. The molecule has 2 aromatic rings. The Balaban J connectivity index is 1.43. The van der Waals surface area contributed by atoms with Crippen LogP contribution in [-0.2, 0) is 14.2 Å². The molecule has 2 rings (SSSR count). The van der Waals surface area contributed by atoms with Crippen LogP contribution in [0.2, 0.25) is 0 Å². The maximum atomic E-state index is 9.71. The number of rotatable bonds is 14. The Morgan fingerprint density at radius 1 is 0.613 bits per heavy atom. The Hall–Kier alpha value is -2.18. The molecule has 0 amide bonds. The highest BCUT2D eigenvalue weighted by Crippen LogP contribution is 2.15. The molecule has 2 N–H and O–H groups in total. The van der Waals surface area contributed by atoms with Gasteiger partial charge in [-0.25, -0.2) is 0 Å². The van der Waals surface area contributed by atoms with Gasteiger partial charge in [-0.1, -0.05) is 24.4 Å². The van der Waals surface area contributed by atoms with Crippen molar-refractivity contribution in [3.05, 3.63) is 44.9 Å². The second-order valence-corrected chi connectivity index (χ2v) is 7.22. The molecule has 0 aliphatic rings. The maximum absolute atomic E-state index is 9.71. The lowest BCUT2D eigenvalue weighted by atomic mass is 10.4. The zero-order valence-corrected chi connectivity index (χ0v) is 19.2. The summed E-state index contributed by atoms with van der Waals surface area (Å²) in [5.41, 5.74) is 1.28. The van der Waals surface area contributed by atoms with E-state index in [2.05, 4.69) is 0 Å². The van der Waals surface area contributed by atoms with Crippen LogP contribution in [0.25, 0.3) is 0 Å². The number of hydrogen-bond acceptors (Lipinski definition) is 9. The number of pyridine rings is 2. The van der Waals surface area contributed by atoms with Gasteiger partial charge < -0.3 is 34.1 Å². The minimum atomic E-state index is 0.231. The average Bonchev–Trinajstić information content (AvgIpc) is 2.76. The highest BCUT2D eigenvalue weighted by molar-refractivity contribution is 7.71. The number of aryl methyl sites for hydroxylation is 2. The lowest BCUT2D eigenvalue weighted by Gasteiger charge is -2.11. The van der Waals surface area contributed by atoms with Gasteiger partial charge in [0.05, 0.1) is 51.0 Å². The molecular formula is C20H28N2O7S2. The van der Waals surface area contributed by atoms with Gasteiger partial charge in [-0.15, -0.1) is 0 Å². The molecule has 0 radical (unpaired) electrons. The van der Waals surface area contributed by atoms with Crippen molar-refractivity contribution in [2.24, 2.45) is 0 Å². The van der Waals surface area contributed by atoms with Crippen LogP contribution in [0.15, 0.2) is 24.3 Å². The van der Waals surface area contributed by atoms with Gasteiger partial charge in [0, 0.05) is 0 Å². The standard InChI is InChI=1S/C20H28N2O7S2/c1-15-3-5-17(19(30)21(15)23)28-13-11-26-9-7-25-8-10-27-12-14-29-18-6-4-16(2)22(24)20(18)31/h3-6,23-24H,7-14H2,1-2H3. The van der Waals surface area contributed by atoms with Crippen LogP contribution in [0.1, 0.15) is 11.4 Å². The molecule has 2 aromatic heterocycles. The van der Waals surface area contributed by atoms with Crippen molar-refractivity contribution in [3.8, 4) is 11.5 Å². The van der Waals surface area contributed by atoms with Crippen molar-refractivity contribution in [2.75, 3.05) is 52.9 Å². The zero-order chi connectivity index (χ0) is 22.6. The third kappa shape index (κ3) is 8.11. The lowest BCUT2D eigenvalue weighted by molar-refractivity contribution is 0.00471. The van der Waals surface area contributed by atoms with Crippen molar-refractivity contribution in [2.45, 2.75) is 13.8 Å². The Morgan fingerprint density at radius 2 is 0.935 bits per heavy atom. The van der Waals surface area contributed by atoms with Crippen molar-refractivity contribution < 1.29 is 34.1 Å². The van der Waals surface area contributed by atoms with E-state index in [1.807, 2.05) is 0 Å². The van der Waals surface area contributed by atoms with Gasteiger partial charge in [-0.05, 0) is 38.1 Å². The van der Waals surface area contributed by atoms with Gasteiger partial charge in [-0.2, -0.15) is 9.46 Å². The second-order valence-electron chi connectivity index (χ2n) is 6.45. The molecule has 0 saturated heterocycles.